The van der Waals surface area contributed by atoms with Crippen LogP contribution in [0.15, 0.2) is 48.5 Å². The van der Waals surface area contributed by atoms with E-state index in [-0.39, 0.29) is 16.4 Å². The minimum atomic E-state index is -0.496. The molecule has 0 unspecified atom stereocenters. The second-order valence-corrected chi connectivity index (χ2v) is 6.16. The number of halogens is 1. The lowest BCUT2D eigenvalue weighted by atomic mass is 10.2. The fourth-order valence-corrected chi connectivity index (χ4v) is 2.33. The van der Waals surface area contributed by atoms with Gasteiger partial charge in [-0.2, -0.15) is 0 Å². The Morgan fingerprint density at radius 1 is 1.09 bits per heavy atom. The minimum Gasteiger partial charge on any atom is -0.426 e. The van der Waals surface area contributed by atoms with Crippen LogP contribution in [0.5, 0.6) is 5.75 Å². The van der Waals surface area contributed by atoms with Crippen molar-refractivity contribution in [2.75, 3.05) is 5.32 Å². The normalized spacial score (nSPS) is 9.83. The molecule has 0 aromatic heterocycles. The number of thiocarbonyl (C=S) groups is 1. The van der Waals surface area contributed by atoms with Gasteiger partial charge >= 0.3 is 5.97 Å². The first-order valence-corrected chi connectivity index (χ1v) is 8.10. The van der Waals surface area contributed by atoms with Crippen molar-refractivity contribution in [3.63, 3.8) is 0 Å². The van der Waals surface area contributed by atoms with Gasteiger partial charge in [0.15, 0.2) is 5.11 Å². The Bertz CT molecular complexity index is 747. The summed E-state index contributed by atoms with van der Waals surface area (Å²) in [6.07, 6.45) is 0. The highest BCUT2D eigenvalue weighted by atomic mass is 127. The molecule has 0 bridgehead atoms. The first-order valence-electron chi connectivity index (χ1n) is 6.61. The van der Waals surface area contributed by atoms with E-state index in [1.54, 1.807) is 24.3 Å². The molecule has 2 N–H and O–H groups in total. The molecule has 0 saturated carbocycles. The van der Waals surface area contributed by atoms with Crippen LogP contribution >= 0.6 is 34.8 Å². The minimum absolute atomic E-state index is 0.161. The van der Waals surface area contributed by atoms with Crippen molar-refractivity contribution < 1.29 is 14.3 Å². The molecular weight excluding hydrogens is 427 g/mol. The summed E-state index contributed by atoms with van der Waals surface area (Å²) in [5.74, 6) is -0.760. The predicted molar refractivity (Wildman–Crippen MR) is 101 cm³/mol. The smallest absolute Gasteiger partial charge is 0.308 e. The van der Waals surface area contributed by atoms with Crippen LogP contribution in [-0.2, 0) is 4.79 Å². The summed E-state index contributed by atoms with van der Waals surface area (Å²) in [4.78, 5) is 23.4. The van der Waals surface area contributed by atoms with E-state index in [1.807, 2.05) is 24.3 Å². The van der Waals surface area contributed by atoms with Gasteiger partial charge in [0.25, 0.3) is 5.91 Å². The number of anilines is 1. The molecule has 118 valence electrons. The van der Waals surface area contributed by atoms with Gasteiger partial charge in [-0.05, 0) is 71.2 Å². The second kappa shape index (κ2) is 8.02. The monoisotopic (exact) mass is 440 g/mol. The van der Waals surface area contributed by atoms with Crippen molar-refractivity contribution in [1.29, 1.82) is 0 Å². The van der Waals surface area contributed by atoms with Crippen LogP contribution in [0.4, 0.5) is 5.69 Å². The molecule has 2 aromatic rings. The highest BCUT2D eigenvalue weighted by Crippen LogP contribution is 2.18. The van der Waals surface area contributed by atoms with Crippen LogP contribution in [0.25, 0.3) is 0 Å². The number of esters is 1. The molecule has 0 radical (unpaired) electrons. The Kier molecular flexibility index (Phi) is 6.05. The Morgan fingerprint density at radius 3 is 2.39 bits per heavy atom. The molecule has 0 heterocycles. The van der Waals surface area contributed by atoms with E-state index in [0.717, 1.165) is 9.26 Å². The fourth-order valence-electron chi connectivity index (χ4n) is 1.76. The van der Waals surface area contributed by atoms with E-state index in [9.17, 15) is 9.59 Å². The number of benzene rings is 2. The van der Waals surface area contributed by atoms with Gasteiger partial charge in [0.1, 0.15) is 5.75 Å². The standard InChI is InChI=1S/C16H13IN2O3S/c1-10(20)22-14-5-3-2-4-13(14)15(21)19-16(23)18-12-8-6-11(17)7-9-12/h2-9H,1H3,(H2,18,19,21,23). The van der Waals surface area contributed by atoms with E-state index >= 15 is 0 Å². The molecule has 0 aliphatic heterocycles. The van der Waals surface area contributed by atoms with Crippen LogP contribution < -0.4 is 15.4 Å². The number of rotatable bonds is 3. The van der Waals surface area contributed by atoms with Gasteiger partial charge in [0.2, 0.25) is 0 Å². The summed E-state index contributed by atoms with van der Waals surface area (Å²) in [6, 6.07) is 14.0. The number of hydrogen-bond acceptors (Lipinski definition) is 4. The number of nitrogens with one attached hydrogen (secondary N) is 2. The summed E-state index contributed by atoms with van der Waals surface area (Å²) in [7, 11) is 0. The number of carbonyl (C=O) groups is 2. The zero-order valence-electron chi connectivity index (χ0n) is 12.1. The van der Waals surface area contributed by atoms with E-state index in [2.05, 4.69) is 33.2 Å². The molecule has 0 aliphatic rings. The maximum atomic E-state index is 12.3. The maximum absolute atomic E-state index is 12.3. The molecular formula is C16H13IN2O3S. The van der Waals surface area contributed by atoms with Crippen molar-refractivity contribution in [3.05, 3.63) is 57.7 Å². The molecule has 0 fully saturated rings. The molecule has 23 heavy (non-hydrogen) atoms. The molecule has 0 atom stereocenters. The molecule has 0 saturated heterocycles. The van der Waals surface area contributed by atoms with Gasteiger partial charge in [0, 0.05) is 16.2 Å². The molecule has 7 heteroatoms. The summed E-state index contributed by atoms with van der Waals surface area (Å²) in [5, 5.41) is 5.64. The van der Waals surface area contributed by atoms with Crippen molar-refractivity contribution in [2.24, 2.45) is 0 Å². The molecule has 0 aliphatic carbocycles. The van der Waals surface area contributed by atoms with E-state index < -0.39 is 11.9 Å². The van der Waals surface area contributed by atoms with Crippen LogP contribution in [-0.4, -0.2) is 17.0 Å². The largest absolute Gasteiger partial charge is 0.426 e. The summed E-state index contributed by atoms with van der Waals surface area (Å²) in [5.41, 5.74) is 0.999. The number of amides is 1. The zero-order chi connectivity index (χ0) is 16.8. The van der Waals surface area contributed by atoms with Gasteiger partial charge in [-0.25, -0.2) is 0 Å². The summed E-state index contributed by atoms with van der Waals surface area (Å²) >= 11 is 7.32. The lowest BCUT2D eigenvalue weighted by Crippen LogP contribution is -2.34. The fraction of sp³-hybridized carbons (Fsp3) is 0.0625. The van der Waals surface area contributed by atoms with E-state index in [4.69, 9.17) is 17.0 Å². The highest BCUT2D eigenvalue weighted by molar-refractivity contribution is 14.1. The number of hydrogen-bond donors (Lipinski definition) is 2. The SMILES string of the molecule is CC(=O)Oc1ccccc1C(=O)NC(=S)Nc1ccc(I)cc1. The average molecular weight is 440 g/mol. The summed E-state index contributed by atoms with van der Waals surface area (Å²) < 4.78 is 6.11. The number of ether oxygens (including phenoxy) is 1. The maximum Gasteiger partial charge on any atom is 0.308 e. The Hall–Kier alpha value is -2.00. The lowest BCUT2D eigenvalue weighted by Gasteiger charge is -2.11. The summed E-state index contributed by atoms with van der Waals surface area (Å²) in [6.45, 7) is 1.28. The molecule has 0 spiro atoms. The van der Waals surface area contributed by atoms with Gasteiger partial charge in [0.05, 0.1) is 5.56 Å². The topological polar surface area (TPSA) is 67.4 Å². The van der Waals surface area contributed by atoms with E-state index in [0.29, 0.717) is 0 Å². The third kappa shape index (κ3) is 5.29. The zero-order valence-corrected chi connectivity index (χ0v) is 15.1. The van der Waals surface area contributed by atoms with Crippen molar-refractivity contribution in [2.45, 2.75) is 6.92 Å². The second-order valence-electron chi connectivity index (χ2n) is 4.50. The number of carbonyl (C=O) groups excluding carboxylic acids is 2. The van der Waals surface area contributed by atoms with Crippen LogP contribution in [0.2, 0.25) is 0 Å². The van der Waals surface area contributed by atoms with E-state index in [1.165, 1.54) is 6.92 Å². The van der Waals surface area contributed by atoms with Crippen molar-refractivity contribution in [3.8, 4) is 5.75 Å². The first-order chi connectivity index (χ1) is 11.0. The van der Waals surface area contributed by atoms with Gasteiger partial charge in [-0.3, -0.25) is 14.9 Å². The Morgan fingerprint density at radius 2 is 1.74 bits per heavy atom. The molecule has 2 aromatic carbocycles. The van der Waals surface area contributed by atoms with Crippen molar-refractivity contribution in [1.82, 2.24) is 5.32 Å². The quantitative estimate of drug-likeness (QED) is 0.332. The first kappa shape index (κ1) is 17.4. The van der Waals surface area contributed by atoms with Crippen molar-refractivity contribution >= 4 is 57.5 Å². The third-order valence-electron chi connectivity index (χ3n) is 2.71. The van der Waals surface area contributed by atoms with Gasteiger partial charge in [-0.1, -0.05) is 12.1 Å². The van der Waals surface area contributed by atoms with Crippen LogP contribution in [0.3, 0.4) is 0 Å². The highest BCUT2D eigenvalue weighted by Gasteiger charge is 2.14. The van der Waals surface area contributed by atoms with Crippen LogP contribution in [0.1, 0.15) is 17.3 Å². The molecule has 2 rings (SSSR count). The Labute approximate surface area is 152 Å². The molecule has 1 amide bonds. The lowest BCUT2D eigenvalue weighted by molar-refractivity contribution is -0.131. The number of para-hydroxylation sites is 1. The average Bonchev–Trinajstić information content (AvgIpc) is 2.49. The van der Waals surface area contributed by atoms with Gasteiger partial charge < -0.3 is 10.1 Å². The van der Waals surface area contributed by atoms with Crippen LogP contribution in [0, 0.1) is 3.57 Å². The predicted octanol–water partition coefficient (Wildman–Crippen LogP) is 3.34. The Balaban J connectivity index is 2.05. The third-order valence-corrected chi connectivity index (χ3v) is 3.64. The van der Waals surface area contributed by atoms with Gasteiger partial charge in [-0.15, -0.1) is 0 Å². The molecule has 5 nitrogen and oxygen atoms in total.